The van der Waals surface area contributed by atoms with Gasteiger partial charge in [0.2, 0.25) is 0 Å². The van der Waals surface area contributed by atoms with Crippen molar-refractivity contribution >= 4 is 17.3 Å². The highest BCUT2D eigenvalue weighted by Gasteiger charge is 2.12. The van der Waals surface area contributed by atoms with Crippen LogP contribution in [0.1, 0.15) is 21.0 Å². The smallest absolute Gasteiger partial charge is 0.310 e. The van der Waals surface area contributed by atoms with Crippen LogP contribution < -0.4 is 0 Å². The number of aliphatic carboxylic acids is 1. The van der Waals surface area contributed by atoms with Gasteiger partial charge in [0.15, 0.2) is 0 Å². The van der Waals surface area contributed by atoms with Crippen molar-refractivity contribution in [1.82, 2.24) is 4.98 Å². The summed E-state index contributed by atoms with van der Waals surface area (Å²) in [5, 5.41) is 9.45. The molecule has 1 heterocycles. The average Bonchev–Trinajstić information content (AvgIpc) is 2.62. The van der Waals surface area contributed by atoms with Crippen molar-refractivity contribution in [2.45, 2.75) is 27.2 Å². The first kappa shape index (κ1) is 12.8. The van der Waals surface area contributed by atoms with Crippen LogP contribution in [0.5, 0.6) is 0 Å². The van der Waals surface area contributed by atoms with E-state index < -0.39 is 5.97 Å². The number of nitrogens with zero attached hydrogens (tertiary/aromatic N) is 1. The zero-order chi connectivity index (χ0) is 13.3. The van der Waals surface area contributed by atoms with Crippen molar-refractivity contribution in [3.63, 3.8) is 0 Å². The fourth-order valence-electron chi connectivity index (χ4n) is 1.81. The minimum atomic E-state index is -0.838. The first-order valence-electron chi connectivity index (χ1n) is 5.73. The third-order valence-corrected chi connectivity index (χ3v) is 3.89. The van der Waals surface area contributed by atoms with Crippen molar-refractivity contribution in [3.8, 4) is 11.3 Å². The normalized spacial score (nSPS) is 10.6. The monoisotopic (exact) mass is 261 g/mol. The average molecular weight is 261 g/mol. The second-order valence-electron chi connectivity index (χ2n) is 4.38. The van der Waals surface area contributed by atoms with E-state index in [4.69, 9.17) is 5.11 Å². The molecule has 4 heteroatoms. The predicted molar refractivity (Wildman–Crippen MR) is 73.1 cm³/mol. The Kier molecular flexibility index (Phi) is 3.48. The maximum absolute atomic E-state index is 10.7. The molecule has 0 aliphatic rings. The van der Waals surface area contributed by atoms with Crippen LogP contribution in [-0.4, -0.2) is 16.1 Å². The molecule has 3 nitrogen and oxygen atoms in total. The number of aromatic nitrogens is 1. The van der Waals surface area contributed by atoms with E-state index in [9.17, 15) is 4.79 Å². The largest absolute Gasteiger partial charge is 0.481 e. The molecule has 1 aromatic carbocycles. The number of hydrogen-bond donors (Lipinski definition) is 1. The highest BCUT2D eigenvalue weighted by atomic mass is 32.1. The van der Waals surface area contributed by atoms with Gasteiger partial charge in [0.05, 0.1) is 12.1 Å². The molecule has 0 spiro atoms. The fraction of sp³-hybridized carbons (Fsp3) is 0.286. The lowest BCUT2D eigenvalue weighted by molar-refractivity contribution is -0.136. The Morgan fingerprint density at radius 3 is 2.61 bits per heavy atom. The molecule has 0 aliphatic heterocycles. The van der Waals surface area contributed by atoms with Crippen LogP contribution in [0, 0.1) is 20.8 Å². The molecule has 0 amide bonds. The summed E-state index contributed by atoms with van der Waals surface area (Å²) in [4.78, 5) is 16.2. The number of aryl methyl sites for hydroxylation is 3. The highest BCUT2D eigenvalue weighted by Crippen LogP contribution is 2.29. The molecule has 18 heavy (non-hydrogen) atoms. The second-order valence-corrected chi connectivity index (χ2v) is 5.67. The van der Waals surface area contributed by atoms with Gasteiger partial charge in [-0.2, -0.15) is 0 Å². The molecule has 94 valence electrons. The van der Waals surface area contributed by atoms with Gasteiger partial charge in [0.25, 0.3) is 0 Å². The number of carboxylic acids is 1. The third-order valence-electron chi connectivity index (χ3n) is 2.92. The first-order chi connectivity index (χ1) is 8.47. The lowest BCUT2D eigenvalue weighted by Crippen LogP contribution is -1.99. The summed E-state index contributed by atoms with van der Waals surface area (Å²) in [7, 11) is 0. The van der Waals surface area contributed by atoms with E-state index in [1.54, 1.807) is 0 Å². The van der Waals surface area contributed by atoms with Gasteiger partial charge in [-0.05, 0) is 38.0 Å². The van der Waals surface area contributed by atoms with Crippen LogP contribution >= 0.6 is 11.3 Å². The van der Waals surface area contributed by atoms with Crippen molar-refractivity contribution in [2.24, 2.45) is 0 Å². The quantitative estimate of drug-likeness (QED) is 0.921. The van der Waals surface area contributed by atoms with Gasteiger partial charge in [-0.1, -0.05) is 12.1 Å². The number of hydrogen-bond acceptors (Lipinski definition) is 3. The number of benzene rings is 1. The maximum atomic E-state index is 10.7. The van der Waals surface area contributed by atoms with E-state index in [1.807, 2.05) is 13.0 Å². The molecule has 2 rings (SSSR count). The standard InChI is InChI=1S/C14H15NO2S/c1-8-4-5-11(6-9(8)2)14-10(3)18-12(15-14)7-13(16)17/h4-6H,7H2,1-3H3,(H,16,17). The summed E-state index contributed by atoms with van der Waals surface area (Å²) >= 11 is 1.46. The molecule has 0 bridgehead atoms. The van der Waals surface area contributed by atoms with Crippen LogP contribution in [-0.2, 0) is 11.2 Å². The van der Waals surface area contributed by atoms with Gasteiger partial charge in [-0.25, -0.2) is 4.98 Å². The van der Waals surface area contributed by atoms with Crippen LogP contribution in [0.4, 0.5) is 0 Å². The molecule has 0 saturated heterocycles. The maximum Gasteiger partial charge on any atom is 0.310 e. The number of carboxylic acid groups (broad SMARTS) is 1. The van der Waals surface area contributed by atoms with E-state index in [2.05, 4.69) is 31.0 Å². The predicted octanol–water partition coefficient (Wildman–Crippen LogP) is 3.36. The molecule has 1 aromatic heterocycles. The Bertz CT molecular complexity index is 602. The second kappa shape index (κ2) is 4.90. The van der Waals surface area contributed by atoms with E-state index in [-0.39, 0.29) is 6.42 Å². The Morgan fingerprint density at radius 2 is 2.00 bits per heavy atom. The topological polar surface area (TPSA) is 50.2 Å². The Labute approximate surface area is 110 Å². The van der Waals surface area contributed by atoms with E-state index in [0.717, 1.165) is 16.1 Å². The number of rotatable bonds is 3. The molecule has 0 radical (unpaired) electrons. The van der Waals surface area contributed by atoms with Crippen molar-refractivity contribution in [2.75, 3.05) is 0 Å². The van der Waals surface area contributed by atoms with Gasteiger partial charge >= 0.3 is 5.97 Å². The van der Waals surface area contributed by atoms with Crippen LogP contribution in [0.3, 0.4) is 0 Å². The van der Waals surface area contributed by atoms with E-state index >= 15 is 0 Å². The summed E-state index contributed by atoms with van der Waals surface area (Å²) in [6.07, 6.45) is -0.00362. The van der Waals surface area contributed by atoms with Gasteiger partial charge in [0, 0.05) is 10.4 Å². The minimum Gasteiger partial charge on any atom is -0.481 e. The van der Waals surface area contributed by atoms with Gasteiger partial charge in [-0.3, -0.25) is 4.79 Å². The Balaban J connectivity index is 2.41. The first-order valence-corrected chi connectivity index (χ1v) is 6.54. The summed E-state index contributed by atoms with van der Waals surface area (Å²) in [6.45, 7) is 6.12. The lowest BCUT2D eigenvalue weighted by Gasteiger charge is -2.03. The lowest BCUT2D eigenvalue weighted by atomic mass is 10.0. The molecule has 0 atom stereocenters. The Morgan fingerprint density at radius 1 is 1.28 bits per heavy atom. The molecular weight excluding hydrogens is 246 g/mol. The zero-order valence-electron chi connectivity index (χ0n) is 10.7. The summed E-state index contributed by atoms with van der Waals surface area (Å²) in [6, 6.07) is 6.21. The summed E-state index contributed by atoms with van der Waals surface area (Å²) in [5.41, 5.74) is 4.43. The molecular formula is C14H15NO2S. The third kappa shape index (κ3) is 2.59. The van der Waals surface area contributed by atoms with E-state index in [1.165, 1.54) is 22.5 Å². The van der Waals surface area contributed by atoms with Crippen LogP contribution in [0.25, 0.3) is 11.3 Å². The summed E-state index contributed by atoms with van der Waals surface area (Å²) in [5.74, 6) is -0.838. The van der Waals surface area contributed by atoms with Crippen molar-refractivity contribution < 1.29 is 9.90 Å². The van der Waals surface area contributed by atoms with Gasteiger partial charge < -0.3 is 5.11 Å². The van der Waals surface area contributed by atoms with E-state index in [0.29, 0.717) is 5.01 Å². The molecule has 0 unspecified atom stereocenters. The number of thiazole rings is 1. The minimum absolute atomic E-state index is 0.00362. The fourth-order valence-corrected chi connectivity index (χ4v) is 2.76. The van der Waals surface area contributed by atoms with Crippen LogP contribution in [0.2, 0.25) is 0 Å². The SMILES string of the molecule is Cc1ccc(-c2nc(CC(=O)O)sc2C)cc1C. The molecule has 0 aliphatic carbocycles. The molecule has 0 saturated carbocycles. The Hall–Kier alpha value is -1.68. The summed E-state index contributed by atoms with van der Waals surface area (Å²) < 4.78 is 0. The van der Waals surface area contributed by atoms with Gasteiger partial charge in [0.1, 0.15) is 5.01 Å². The molecule has 0 fully saturated rings. The van der Waals surface area contributed by atoms with Crippen LogP contribution in [0.15, 0.2) is 18.2 Å². The van der Waals surface area contributed by atoms with Gasteiger partial charge in [-0.15, -0.1) is 11.3 Å². The molecule has 2 aromatic rings. The van der Waals surface area contributed by atoms with Crippen molar-refractivity contribution in [1.29, 1.82) is 0 Å². The number of carbonyl (C=O) groups is 1. The zero-order valence-corrected chi connectivity index (χ0v) is 11.5. The highest BCUT2D eigenvalue weighted by molar-refractivity contribution is 7.12. The van der Waals surface area contributed by atoms with Crippen molar-refractivity contribution in [3.05, 3.63) is 39.2 Å². The molecule has 1 N–H and O–H groups in total.